The molecule has 16 unspecified atom stereocenters. The van der Waals surface area contributed by atoms with Crippen molar-refractivity contribution >= 4 is 77.0 Å². The normalized spacial score (nSPS) is 26.3. The Bertz CT molecular complexity index is 1950. The maximum atomic E-state index is 13.6. The highest BCUT2D eigenvalue weighted by atomic mass is 32.2. The van der Waals surface area contributed by atoms with Crippen molar-refractivity contribution in [1.29, 1.82) is 0 Å². The van der Waals surface area contributed by atoms with Crippen molar-refractivity contribution in [2.24, 2.45) is 5.73 Å². The lowest BCUT2D eigenvalue weighted by Crippen LogP contribution is -2.70. The molecule has 0 saturated carbocycles. The molecule has 0 aliphatic carbocycles. The van der Waals surface area contributed by atoms with Crippen LogP contribution >= 0.6 is 11.8 Å². The number of nitrogens with one attached hydrogen (secondary N) is 7. The summed E-state index contributed by atoms with van der Waals surface area (Å²) < 4.78 is 28.6. The van der Waals surface area contributed by atoms with E-state index in [1.54, 1.807) is 0 Å². The third-order valence-electron chi connectivity index (χ3n) is 10.5. The number of esters is 1. The van der Waals surface area contributed by atoms with Crippen molar-refractivity contribution in [1.82, 2.24) is 37.2 Å². The van der Waals surface area contributed by atoms with Crippen LogP contribution in [0.2, 0.25) is 0 Å². The first-order valence-corrected chi connectivity index (χ1v) is 23.2. The van der Waals surface area contributed by atoms with Gasteiger partial charge in [0.2, 0.25) is 41.4 Å². The molecule has 16 N–H and O–H groups in total. The van der Waals surface area contributed by atoms with E-state index in [4.69, 9.17) is 39.6 Å². The van der Waals surface area contributed by atoms with E-state index in [-0.39, 0.29) is 11.5 Å². The van der Waals surface area contributed by atoms with Crippen LogP contribution < -0.4 is 43.0 Å². The predicted octanol–water partition coefficient (Wildman–Crippen LogP) is -7.94. The second-order valence-corrected chi connectivity index (χ2v) is 17.6. The average molecular weight is 1060 g/mol. The van der Waals surface area contributed by atoms with Crippen LogP contribution in [0.15, 0.2) is 0 Å². The van der Waals surface area contributed by atoms with Gasteiger partial charge in [0.1, 0.15) is 98.2 Å². The summed E-state index contributed by atoms with van der Waals surface area (Å²) in [6.45, 7) is 4.38. The number of ether oxygens (including phenoxy) is 5. The zero-order valence-electron chi connectivity index (χ0n) is 39.8. The molecule has 0 aromatic heterocycles. The zero-order chi connectivity index (χ0) is 54.7. The van der Waals surface area contributed by atoms with Gasteiger partial charge in [0.05, 0.1) is 6.61 Å². The number of hydrogen-bond donors (Lipinski definition) is 15. The largest absolute Gasteiger partial charge is 0.480 e. The molecule has 2 aliphatic rings. The number of amides is 7. The van der Waals surface area contributed by atoms with E-state index in [9.17, 15) is 78.3 Å². The van der Waals surface area contributed by atoms with Crippen LogP contribution in [0.4, 0.5) is 0 Å². The number of carbonyl (C=O) groups is 11. The average Bonchev–Trinajstić information content (AvgIpc) is 3.29. The van der Waals surface area contributed by atoms with E-state index in [1.807, 2.05) is 0 Å². The van der Waals surface area contributed by atoms with Gasteiger partial charge in [-0.15, -0.1) is 0 Å². The molecule has 2 fully saturated rings. The van der Waals surface area contributed by atoms with Crippen molar-refractivity contribution < 1.29 is 112 Å². The van der Waals surface area contributed by atoms with E-state index in [0.717, 1.165) is 46.4 Å². The number of hydrogen-bond acceptors (Lipinski definition) is 22. The van der Waals surface area contributed by atoms with E-state index >= 15 is 0 Å². The van der Waals surface area contributed by atoms with Crippen LogP contribution in [-0.4, -0.2) is 230 Å². The molecule has 2 heterocycles. The molecule has 0 spiro atoms. The first-order chi connectivity index (χ1) is 33.6. The number of carboxylic acid groups (broad SMARTS) is 3. The quantitative estimate of drug-likeness (QED) is 0.0324. The number of nitrogens with two attached hydrogens (primary N) is 1. The van der Waals surface area contributed by atoms with Crippen molar-refractivity contribution in [3.05, 3.63) is 0 Å². The van der Waals surface area contributed by atoms with Crippen LogP contribution in [0, 0.1) is 0 Å². The van der Waals surface area contributed by atoms with Crippen LogP contribution in [0.5, 0.6) is 0 Å². The summed E-state index contributed by atoms with van der Waals surface area (Å²) in [5.41, 5.74) is 5.51. The lowest BCUT2D eigenvalue weighted by molar-refractivity contribution is -0.333. The molecule has 31 nitrogen and oxygen atoms in total. The molecule has 0 radical (unpaired) electrons. The number of aliphatic hydroxyl groups is 4. The summed E-state index contributed by atoms with van der Waals surface area (Å²) in [5, 5.41) is 86.1. The lowest BCUT2D eigenvalue weighted by Gasteiger charge is -2.48. The molecule has 408 valence electrons. The van der Waals surface area contributed by atoms with Crippen molar-refractivity contribution in [2.75, 3.05) is 31.3 Å². The van der Waals surface area contributed by atoms with E-state index in [2.05, 4.69) is 37.2 Å². The van der Waals surface area contributed by atoms with Crippen LogP contribution in [-0.2, 0) is 76.4 Å². The van der Waals surface area contributed by atoms with Gasteiger partial charge in [-0.05, 0) is 27.2 Å². The summed E-state index contributed by atoms with van der Waals surface area (Å²) in [4.78, 5) is 136. The van der Waals surface area contributed by atoms with Crippen molar-refractivity contribution in [2.45, 2.75) is 152 Å². The fraction of sp³-hybridized carbons (Fsp3) is 0.725. The number of aliphatic hydroxyl groups excluding tert-OH is 4. The van der Waals surface area contributed by atoms with Crippen LogP contribution in [0.1, 0.15) is 54.4 Å². The highest BCUT2D eigenvalue weighted by molar-refractivity contribution is 7.99. The Morgan fingerprint density at radius 1 is 0.681 bits per heavy atom. The summed E-state index contributed by atoms with van der Waals surface area (Å²) in [5.74, 6) is -12.2. The minimum absolute atomic E-state index is 0.221. The Morgan fingerprint density at radius 2 is 1.28 bits per heavy atom. The molecular weight excluding hydrogens is 993 g/mol. The Morgan fingerprint density at radius 3 is 1.83 bits per heavy atom. The summed E-state index contributed by atoms with van der Waals surface area (Å²) in [6.07, 6.45) is -16.6. The van der Waals surface area contributed by atoms with Crippen molar-refractivity contribution in [3.8, 4) is 0 Å². The van der Waals surface area contributed by atoms with E-state index in [1.165, 1.54) is 6.92 Å². The Labute approximate surface area is 414 Å². The summed E-state index contributed by atoms with van der Waals surface area (Å²) in [7, 11) is 0. The third kappa shape index (κ3) is 20.0. The molecule has 2 aliphatic heterocycles. The fourth-order valence-electron chi connectivity index (χ4n) is 6.76. The van der Waals surface area contributed by atoms with Gasteiger partial charge in [-0.1, -0.05) is 0 Å². The highest BCUT2D eigenvalue weighted by Gasteiger charge is 2.53. The maximum absolute atomic E-state index is 13.6. The van der Waals surface area contributed by atoms with Gasteiger partial charge >= 0.3 is 23.9 Å². The Kier molecular flexibility index (Phi) is 25.6. The second kappa shape index (κ2) is 29.6. The molecule has 72 heavy (non-hydrogen) atoms. The van der Waals surface area contributed by atoms with Gasteiger partial charge in [-0.2, -0.15) is 11.8 Å². The van der Waals surface area contributed by atoms with Gasteiger partial charge in [0.25, 0.3) is 0 Å². The first kappa shape index (κ1) is 62.3. The minimum Gasteiger partial charge on any atom is -0.480 e. The molecule has 32 heteroatoms. The molecule has 2 rings (SSSR count). The number of aliphatic carboxylic acids is 3. The van der Waals surface area contributed by atoms with Gasteiger partial charge < -0.3 is 102 Å². The minimum atomic E-state index is -1.95. The highest BCUT2D eigenvalue weighted by Crippen LogP contribution is 2.31. The molecular formula is C40H64N8O23S. The first-order valence-electron chi connectivity index (χ1n) is 22.0. The fourth-order valence-corrected chi connectivity index (χ4v) is 7.76. The summed E-state index contributed by atoms with van der Waals surface area (Å²) >= 11 is 0.839. The van der Waals surface area contributed by atoms with Crippen LogP contribution in [0.25, 0.3) is 0 Å². The summed E-state index contributed by atoms with van der Waals surface area (Å²) in [6, 6.07) is -10.6. The smallest absolute Gasteiger partial charge is 0.326 e. The number of carbonyl (C=O) groups excluding carboxylic acids is 8. The van der Waals surface area contributed by atoms with Gasteiger partial charge in [0, 0.05) is 38.7 Å². The predicted molar refractivity (Wildman–Crippen MR) is 239 cm³/mol. The van der Waals surface area contributed by atoms with Gasteiger partial charge in [-0.3, -0.25) is 47.9 Å². The van der Waals surface area contributed by atoms with E-state index in [0.29, 0.717) is 0 Å². The lowest BCUT2D eigenvalue weighted by atomic mass is 9.94. The maximum Gasteiger partial charge on any atom is 0.326 e. The van der Waals surface area contributed by atoms with Crippen molar-refractivity contribution in [3.63, 3.8) is 0 Å². The molecule has 0 aromatic rings. The number of thioether (sulfide) groups is 1. The van der Waals surface area contributed by atoms with Gasteiger partial charge in [-0.25, -0.2) is 4.79 Å². The second-order valence-electron chi connectivity index (χ2n) is 16.5. The molecule has 7 amide bonds. The molecule has 2 saturated heterocycles. The third-order valence-corrected chi connectivity index (χ3v) is 11.7. The molecule has 16 atom stereocenters. The Balaban J connectivity index is 2.28. The Hall–Kier alpha value is -5.84. The monoisotopic (exact) mass is 1060 g/mol. The topological polar surface area (TPSA) is 486 Å². The van der Waals surface area contributed by atoms with E-state index < -0.39 is 195 Å². The van der Waals surface area contributed by atoms with Crippen LogP contribution in [0.3, 0.4) is 0 Å². The SMILES string of the molecule is CC(=O)NC1C(OC2C(COC(C)=O)OC(O)C(NC(C)=O)C2OC(C)C(=O)NC(C)C(=O)NC(CCC(=O)NC(CSCC(N)C(=O)O)C(=O)NC(C)C(=O)NCC(=O)O)C(=O)O)OC(CO)C(O)C1O. The standard InChI is InChI=1S/C40H64N8O23S/c1-14(33(58)42-9-26(54)55)44-36(61)22(13-72-12-20(41)37(62)63)47-25(53)8-7-21(38(64)65)48-34(59)15(2)43-35(60)16(3)68-32-28(46-18(5)51)39(66)69-24(11-67-19(6)52)31(32)71-40-27(45-17(4)50)30(57)29(56)23(10-49)70-40/h14-16,20-24,27-32,39-40,49,56-57,66H,7-13,41H2,1-6H3,(H,42,58)(H,43,60)(H,44,61)(H,45,50)(H,46,51)(H,47,53)(H,48,59)(H,54,55)(H,62,63)(H,64,65). The number of rotatable bonds is 28. The number of carboxylic acids is 3. The molecule has 0 bridgehead atoms. The molecule has 0 aromatic carbocycles. The zero-order valence-corrected chi connectivity index (χ0v) is 40.7. The van der Waals surface area contributed by atoms with Gasteiger partial charge in [0.15, 0.2) is 12.6 Å².